The second-order valence-electron chi connectivity index (χ2n) is 9.64. The summed E-state index contributed by atoms with van der Waals surface area (Å²) >= 11 is 0. The highest BCUT2D eigenvalue weighted by Crippen LogP contribution is 2.48. The monoisotopic (exact) mass is 433 g/mol. The summed E-state index contributed by atoms with van der Waals surface area (Å²) in [5.41, 5.74) is 0.847. The first-order valence-corrected chi connectivity index (χ1v) is 11.3. The number of amides is 1. The molecule has 174 valence electrons. The van der Waals surface area contributed by atoms with Crippen LogP contribution in [0.3, 0.4) is 0 Å². The van der Waals surface area contributed by atoms with E-state index in [9.17, 15) is 19.8 Å². The summed E-state index contributed by atoms with van der Waals surface area (Å²) in [6, 6.07) is -0.0240. The van der Waals surface area contributed by atoms with Crippen molar-refractivity contribution in [3.05, 3.63) is 35.5 Å². The highest BCUT2D eigenvalue weighted by molar-refractivity contribution is 5.90. The molecule has 1 heterocycles. The summed E-state index contributed by atoms with van der Waals surface area (Å²) in [6.07, 6.45) is 8.82. The van der Waals surface area contributed by atoms with Gasteiger partial charge in [-0.2, -0.15) is 0 Å². The first-order chi connectivity index (χ1) is 14.5. The molecular weight excluding hydrogens is 394 g/mol. The van der Waals surface area contributed by atoms with E-state index in [4.69, 9.17) is 0 Å². The number of carbonyl (C=O) groups excluding carboxylic acids is 2. The fourth-order valence-electron chi connectivity index (χ4n) is 5.00. The lowest BCUT2D eigenvalue weighted by atomic mass is 9.63. The van der Waals surface area contributed by atoms with E-state index < -0.39 is 17.7 Å². The molecule has 1 saturated heterocycles. The van der Waals surface area contributed by atoms with E-state index in [2.05, 4.69) is 37.7 Å². The van der Waals surface area contributed by atoms with Crippen LogP contribution in [0.1, 0.15) is 60.3 Å². The minimum Gasteiger partial charge on any atom is -0.466 e. The Morgan fingerprint density at radius 2 is 2.06 bits per heavy atom. The van der Waals surface area contributed by atoms with Crippen LogP contribution in [0.4, 0.5) is 0 Å². The number of allylic oxidation sites excluding steroid dienone is 2. The van der Waals surface area contributed by atoms with E-state index in [1.165, 1.54) is 24.8 Å². The van der Waals surface area contributed by atoms with Crippen molar-refractivity contribution >= 4 is 11.9 Å². The van der Waals surface area contributed by atoms with Gasteiger partial charge in [0.2, 0.25) is 0 Å². The zero-order chi connectivity index (χ0) is 23.3. The lowest BCUT2D eigenvalue weighted by Crippen LogP contribution is -2.53. The number of rotatable bonds is 9. The maximum Gasteiger partial charge on any atom is 0.330 e. The van der Waals surface area contributed by atoms with Crippen LogP contribution in [0, 0.1) is 23.7 Å². The molecule has 0 radical (unpaired) electrons. The van der Waals surface area contributed by atoms with Crippen molar-refractivity contribution < 1.29 is 24.5 Å². The fraction of sp³-hybridized carbons (Fsp3) is 0.680. The standard InChI is InChI=1S/C25H39NO5/c1-15(2)12-21-23-18(5)17(4)14-19(25(23,30)24(29)26-21)13-16(3)8-7-9-20(27)10-11-22(28)31-6/h10-11,13-15,18-21,23,27,30H,7-9,12H2,1-6H3,(H,26,29)/b11-10+,16-13+/t18-,19+,20-,21+,23+,25-/m1/s1. The van der Waals surface area contributed by atoms with Gasteiger partial charge < -0.3 is 20.3 Å². The quantitative estimate of drug-likeness (QED) is 0.295. The van der Waals surface area contributed by atoms with Crippen molar-refractivity contribution in [3.63, 3.8) is 0 Å². The molecule has 0 aromatic rings. The number of fused-ring (bicyclic) bond motifs is 1. The van der Waals surface area contributed by atoms with Gasteiger partial charge in [-0.15, -0.1) is 0 Å². The van der Waals surface area contributed by atoms with Gasteiger partial charge >= 0.3 is 5.97 Å². The van der Waals surface area contributed by atoms with Crippen molar-refractivity contribution in [2.75, 3.05) is 7.11 Å². The van der Waals surface area contributed by atoms with E-state index >= 15 is 0 Å². The highest BCUT2D eigenvalue weighted by atomic mass is 16.5. The molecular formula is C25H39NO5. The van der Waals surface area contributed by atoms with Crippen LogP contribution in [0.2, 0.25) is 0 Å². The third-order valence-electron chi connectivity index (χ3n) is 6.75. The molecule has 1 fully saturated rings. The molecule has 0 aromatic carbocycles. The van der Waals surface area contributed by atoms with Crippen LogP contribution in [0.5, 0.6) is 0 Å². The van der Waals surface area contributed by atoms with Crippen LogP contribution in [0.25, 0.3) is 0 Å². The molecule has 1 aliphatic carbocycles. The molecule has 0 saturated carbocycles. The Morgan fingerprint density at radius 3 is 2.68 bits per heavy atom. The summed E-state index contributed by atoms with van der Waals surface area (Å²) in [7, 11) is 1.30. The molecule has 6 heteroatoms. The van der Waals surface area contributed by atoms with Gasteiger partial charge in [0.05, 0.1) is 13.2 Å². The van der Waals surface area contributed by atoms with Crippen LogP contribution in [0.15, 0.2) is 35.5 Å². The van der Waals surface area contributed by atoms with E-state index in [0.717, 1.165) is 24.8 Å². The van der Waals surface area contributed by atoms with Gasteiger partial charge in [-0.3, -0.25) is 4.79 Å². The largest absolute Gasteiger partial charge is 0.466 e. The number of methoxy groups -OCH3 is 1. The lowest BCUT2D eigenvalue weighted by molar-refractivity contribution is -0.143. The molecule has 0 unspecified atom stereocenters. The van der Waals surface area contributed by atoms with E-state index in [1.54, 1.807) is 0 Å². The van der Waals surface area contributed by atoms with Crippen molar-refractivity contribution in [2.45, 2.75) is 78.0 Å². The molecule has 2 aliphatic rings. The molecule has 0 aromatic heterocycles. The topological polar surface area (TPSA) is 95.9 Å². The Morgan fingerprint density at radius 1 is 1.39 bits per heavy atom. The molecule has 0 spiro atoms. The molecule has 3 N–H and O–H groups in total. The molecule has 6 atom stereocenters. The van der Waals surface area contributed by atoms with E-state index in [0.29, 0.717) is 12.3 Å². The normalized spacial score (nSPS) is 32.1. The number of aliphatic hydroxyl groups is 2. The predicted octanol–water partition coefficient (Wildman–Crippen LogP) is 3.30. The number of aliphatic hydroxyl groups excluding tert-OH is 1. The Bertz CT molecular complexity index is 753. The second-order valence-corrected chi connectivity index (χ2v) is 9.64. The van der Waals surface area contributed by atoms with Crippen LogP contribution >= 0.6 is 0 Å². The minimum absolute atomic E-state index is 0.0240. The number of hydrogen-bond donors (Lipinski definition) is 3. The Balaban J connectivity index is 2.10. The summed E-state index contributed by atoms with van der Waals surface area (Å²) in [5, 5.41) is 24.7. The third-order valence-corrected chi connectivity index (χ3v) is 6.75. The Hall–Kier alpha value is -1.92. The van der Waals surface area contributed by atoms with Crippen molar-refractivity contribution in [2.24, 2.45) is 23.7 Å². The van der Waals surface area contributed by atoms with Crippen molar-refractivity contribution in [3.8, 4) is 0 Å². The summed E-state index contributed by atoms with van der Waals surface area (Å²) < 4.78 is 4.52. The van der Waals surface area contributed by atoms with Gasteiger partial charge in [0.25, 0.3) is 5.91 Å². The van der Waals surface area contributed by atoms with Gasteiger partial charge in [-0.25, -0.2) is 4.79 Å². The molecule has 6 nitrogen and oxygen atoms in total. The number of nitrogens with one attached hydrogen (secondary N) is 1. The van der Waals surface area contributed by atoms with Gasteiger partial charge in [0, 0.05) is 24.0 Å². The van der Waals surface area contributed by atoms with Crippen LogP contribution in [-0.2, 0) is 14.3 Å². The predicted molar refractivity (Wildman–Crippen MR) is 121 cm³/mol. The average Bonchev–Trinajstić information content (AvgIpc) is 2.94. The van der Waals surface area contributed by atoms with Gasteiger partial charge in [0.15, 0.2) is 5.60 Å². The zero-order valence-corrected chi connectivity index (χ0v) is 19.7. The number of ether oxygens (including phenoxy) is 1. The maximum absolute atomic E-state index is 12.9. The summed E-state index contributed by atoms with van der Waals surface area (Å²) in [5.74, 6) is -0.703. The molecule has 2 rings (SSSR count). The number of esters is 1. The van der Waals surface area contributed by atoms with Gasteiger partial charge in [-0.1, -0.05) is 44.1 Å². The SMILES string of the molecule is COC(=O)/C=C/[C@H](O)CCC/C(C)=C/[C@H]1C=C(C)[C@@H](C)[C@H]2[C@H](CC(C)C)NC(=O)[C@]21O. The Kier molecular flexibility index (Phi) is 8.66. The second kappa shape index (κ2) is 10.6. The third kappa shape index (κ3) is 5.86. The summed E-state index contributed by atoms with van der Waals surface area (Å²) in [4.78, 5) is 24.0. The molecule has 31 heavy (non-hydrogen) atoms. The van der Waals surface area contributed by atoms with E-state index in [-0.39, 0.29) is 29.7 Å². The zero-order valence-electron chi connectivity index (χ0n) is 19.7. The average molecular weight is 434 g/mol. The van der Waals surface area contributed by atoms with Gasteiger partial charge in [-0.05, 0) is 57.4 Å². The molecule has 1 aliphatic heterocycles. The van der Waals surface area contributed by atoms with Crippen molar-refractivity contribution in [1.29, 1.82) is 0 Å². The maximum atomic E-state index is 12.9. The number of carbonyl (C=O) groups is 2. The fourth-order valence-corrected chi connectivity index (χ4v) is 5.00. The smallest absolute Gasteiger partial charge is 0.330 e. The van der Waals surface area contributed by atoms with Crippen LogP contribution in [-0.4, -0.2) is 46.9 Å². The molecule has 1 amide bonds. The van der Waals surface area contributed by atoms with E-state index in [1.807, 2.05) is 19.1 Å². The lowest BCUT2D eigenvalue weighted by Gasteiger charge is -2.42. The number of hydrogen-bond acceptors (Lipinski definition) is 5. The first kappa shape index (κ1) is 25.3. The summed E-state index contributed by atoms with van der Waals surface area (Å²) in [6.45, 7) is 10.4. The minimum atomic E-state index is -1.43. The highest BCUT2D eigenvalue weighted by Gasteiger charge is 2.60. The first-order valence-electron chi connectivity index (χ1n) is 11.3. The Labute approximate surface area is 186 Å². The molecule has 0 bridgehead atoms. The van der Waals surface area contributed by atoms with Crippen molar-refractivity contribution in [1.82, 2.24) is 5.32 Å². The van der Waals surface area contributed by atoms with Gasteiger partial charge in [0.1, 0.15) is 0 Å². The van der Waals surface area contributed by atoms with Crippen LogP contribution < -0.4 is 5.32 Å².